The largest absolute Gasteiger partial charge is 0.506 e. The van der Waals surface area contributed by atoms with E-state index in [0.717, 1.165) is 6.42 Å². The average Bonchev–Trinajstić information content (AvgIpc) is 2.20. The van der Waals surface area contributed by atoms with Gasteiger partial charge >= 0.3 is 0 Å². The highest BCUT2D eigenvalue weighted by Crippen LogP contribution is 2.34. The van der Waals surface area contributed by atoms with Crippen LogP contribution in [0.1, 0.15) is 37.4 Å². The summed E-state index contributed by atoms with van der Waals surface area (Å²) in [7, 11) is 0. The maximum atomic E-state index is 9.86. The van der Waals surface area contributed by atoms with Crippen molar-refractivity contribution in [3.05, 3.63) is 27.7 Å². The number of hydrogen-bond donors (Lipinski definition) is 2. The van der Waals surface area contributed by atoms with Crippen molar-refractivity contribution in [3.8, 4) is 11.8 Å². The molecule has 0 aliphatic heterocycles. The van der Waals surface area contributed by atoms with Crippen molar-refractivity contribution in [2.24, 2.45) is 11.7 Å². The summed E-state index contributed by atoms with van der Waals surface area (Å²) in [5.41, 5.74) is 7.12. The summed E-state index contributed by atoms with van der Waals surface area (Å²) in [6, 6.07) is 5.03. The molecule has 0 amide bonds. The van der Waals surface area contributed by atoms with Gasteiger partial charge in [-0.1, -0.05) is 13.8 Å². The van der Waals surface area contributed by atoms with E-state index >= 15 is 0 Å². The molecule has 1 rings (SSSR count). The van der Waals surface area contributed by atoms with Gasteiger partial charge in [-0.05, 0) is 40.4 Å². The Morgan fingerprint density at radius 3 is 2.62 bits per heavy atom. The number of nitriles is 1. The van der Waals surface area contributed by atoms with Crippen molar-refractivity contribution in [1.82, 2.24) is 0 Å². The molecule has 86 valence electrons. The number of rotatable bonds is 3. The Morgan fingerprint density at radius 2 is 2.12 bits per heavy atom. The summed E-state index contributed by atoms with van der Waals surface area (Å²) in [5, 5.41) is 18.7. The van der Waals surface area contributed by atoms with Gasteiger partial charge in [0.1, 0.15) is 5.75 Å². The highest BCUT2D eigenvalue weighted by molar-refractivity contribution is 9.10. The lowest BCUT2D eigenvalue weighted by molar-refractivity contribution is 0.442. The molecule has 3 nitrogen and oxygen atoms in total. The summed E-state index contributed by atoms with van der Waals surface area (Å²) in [6.07, 6.45) is 0.773. The molecule has 0 aromatic heterocycles. The van der Waals surface area contributed by atoms with Crippen molar-refractivity contribution >= 4 is 15.9 Å². The first kappa shape index (κ1) is 13.0. The van der Waals surface area contributed by atoms with Crippen molar-refractivity contribution < 1.29 is 5.11 Å². The zero-order valence-electron chi connectivity index (χ0n) is 9.37. The number of nitrogens with zero attached hydrogens (tertiary/aromatic N) is 1. The van der Waals surface area contributed by atoms with E-state index in [0.29, 0.717) is 21.5 Å². The second kappa shape index (κ2) is 5.33. The second-order valence-corrected chi connectivity index (χ2v) is 5.10. The minimum atomic E-state index is -0.246. The fourth-order valence-corrected chi connectivity index (χ4v) is 2.08. The summed E-state index contributed by atoms with van der Waals surface area (Å²) < 4.78 is 0.515. The molecule has 4 heteroatoms. The molecule has 0 radical (unpaired) electrons. The number of phenolic OH excluding ortho intramolecular Hbond substituents is 1. The van der Waals surface area contributed by atoms with Crippen LogP contribution in [0.25, 0.3) is 0 Å². The molecule has 0 aliphatic rings. The Balaban J connectivity index is 3.12. The van der Waals surface area contributed by atoms with Crippen LogP contribution in [-0.2, 0) is 0 Å². The summed E-state index contributed by atoms with van der Waals surface area (Å²) in [4.78, 5) is 0. The number of benzene rings is 1. The van der Waals surface area contributed by atoms with Crippen LogP contribution >= 0.6 is 15.9 Å². The third-order valence-corrected chi connectivity index (χ3v) is 2.95. The van der Waals surface area contributed by atoms with Gasteiger partial charge in [0.05, 0.1) is 16.1 Å². The first-order chi connectivity index (χ1) is 7.45. The van der Waals surface area contributed by atoms with Crippen LogP contribution in [0, 0.1) is 17.2 Å². The lowest BCUT2D eigenvalue weighted by atomic mass is 9.96. The van der Waals surface area contributed by atoms with Crippen LogP contribution in [0.3, 0.4) is 0 Å². The minimum absolute atomic E-state index is 0.132. The van der Waals surface area contributed by atoms with E-state index in [-0.39, 0.29) is 11.8 Å². The van der Waals surface area contributed by atoms with Crippen LogP contribution in [0.15, 0.2) is 16.6 Å². The SMILES string of the molecule is CC(C)C[C@H](N)c1cc(C#N)cc(Br)c1O. The van der Waals surface area contributed by atoms with Gasteiger partial charge in [0.15, 0.2) is 0 Å². The predicted octanol–water partition coefficient (Wildman–Crippen LogP) is 3.07. The molecule has 0 bridgehead atoms. The van der Waals surface area contributed by atoms with Gasteiger partial charge in [-0.2, -0.15) is 5.26 Å². The topological polar surface area (TPSA) is 70.0 Å². The molecule has 1 aromatic carbocycles. The van der Waals surface area contributed by atoms with Gasteiger partial charge in [-0.3, -0.25) is 0 Å². The van der Waals surface area contributed by atoms with Gasteiger partial charge in [-0.25, -0.2) is 0 Å². The third kappa shape index (κ3) is 2.97. The van der Waals surface area contributed by atoms with Gasteiger partial charge in [0.2, 0.25) is 0 Å². The van der Waals surface area contributed by atoms with Crippen LogP contribution in [0.5, 0.6) is 5.75 Å². The van der Waals surface area contributed by atoms with Gasteiger partial charge in [0, 0.05) is 11.6 Å². The number of phenols is 1. The number of aromatic hydroxyl groups is 1. The monoisotopic (exact) mass is 282 g/mol. The van der Waals surface area contributed by atoms with E-state index in [1.165, 1.54) is 0 Å². The Bertz CT molecular complexity index is 424. The molecule has 1 atom stereocenters. The van der Waals surface area contributed by atoms with Gasteiger partial charge in [-0.15, -0.1) is 0 Å². The molecule has 0 heterocycles. The van der Waals surface area contributed by atoms with Crippen LogP contribution < -0.4 is 5.73 Å². The number of nitrogens with two attached hydrogens (primary N) is 1. The maximum absolute atomic E-state index is 9.86. The Morgan fingerprint density at radius 1 is 1.50 bits per heavy atom. The molecule has 0 saturated heterocycles. The highest BCUT2D eigenvalue weighted by Gasteiger charge is 2.16. The van der Waals surface area contributed by atoms with Crippen LogP contribution in [0.2, 0.25) is 0 Å². The highest BCUT2D eigenvalue weighted by atomic mass is 79.9. The summed E-state index contributed by atoms with van der Waals surface area (Å²) >= 11 is 3.22. The van der Waals surface area contributed by atoms with Crippen LogP contribution in [-0.4, -0.2) is 5.11 Å². The van der Waals surface area contributed by atoms with E-state index in [4.69, 9.17) is 11.0 Å². The molecule has 0 fully saturated rings. The summed E-state index contributed by atoms with van der Waals surface area (Å²) in [6.45, 7) is 4.14. The maximum Gasteiger partial charge on any atom is 0.134 e. The quantitative estimate of drug-likeness (QED) is 0.895. The summed E-state index contributed by atoms with van der Waals surface area (Å²) in [5.74, 6) is 0.575. The number of halogens is 1. The smallest absolute Gasteiger partial charge is 0.134 e. The van der Waals surface area contributed by atoms with E-state index in [2.05, 4.69) is 29.8 Å². The normalized spacial score (nSPS) is 12.5. The standard InChI is InChI=1S/C12H15BrN2O/c1-7(2)3-11(15)9-4-8(6-14)5-10(13)12(9)16/h4-5,7,11,16H,3,15H2,1-2H3/t11-/m0/s1. The van der Waals surface area contributed by atoms with Crippen molar-refractivity contribution in [1.29, 1.82) is 5.26 Å². The second-order valence-electron chi connectivity index (χ2n) is 4.24. The lowest BCUT2D eigenvalue weighted by Crippen LogP contribution is -2.13. The molecular weight excluding hydrogens is 268 g/mol. The predicted molar refractivity (Wildman–Crippen MR) is 66.9 cm³/mol. The first-order valence-electron chi connectivity index (χ1n) is 5.13. The van der Waals surface area contributed by atoms with E-state index in [1.807, 2.05) is 6.07 Å². The van der Waals surface area contributed by atoms with Crippen molar-refractivity contribution in [3.63, 3.8) is 0 Å². The molecule has 0 unspecified atom stereocenters. The first-order valence-corrected chi connectivity index (χ1v) is 5.93. The molecule has 0 spiro atoms. The van der Waals surface area contributed by atoms with Crippen LogP contribution in [0.4, 0.5) is 0 Å². The molecule has 16 heavy (non-hydrogen) atoms. The molecule has 3 N–H and O–H groups in total. The van der Waals surface area contributed by atoms with Gasteiger partial charge < -0.3 is 10.8 Å². The lowest BCUT2D eigenvalue weighted by Gasteiger charge is -2.16. The minimum Gasteiger partial charge on any atom is -0.506 e. The Kier molecular flexibility index (Phi) is 4.34. The van der Waals surface area contributed by atoms with Crippen molar-refractivity contribution in [2.45, 2.75) is 26.3 Å². The number of hydrogen-bond acceptors (Lipinski definition) is 3. The van der Waals surface area contributed by atoms with E-state index in [9.17, 15) is 5.11 Å². The fourth-order valence-electron chi connectivity index (χ4n) is 1.60. The Labute approximate surface area is 104 Å². The van der Waals surface area contributed by atoms with E-state index in [1.54, 1.807) is 12.1 Å². The molecule has 1 aromatic rings. The van der Waals surface area contributed by atoms with E-state index < -0.39 is 0 Å². The Hall–Kier alpha value is -1.05. The van der Waals surface area contributed by atoms with Crippen molar-refractivity contribution in [2.75, 3.05) is 0 Å². The van der Waals surface area contributed by atoms with Gasteiger partial charge in [0.25, 0.3) is 0 Å². The average molecular weight is 283 g/mol. The zero-order valence-corrected chi connectivity index (χ0v) is 11.0. The molecular formula is C12H15BrN2O. The molecule has 0 saturated carbocycles. The fraction of sp³-hybridized carbons (Fsp3) is 0.417. The third-order valence-electron chi connectivity index (χ3n) is 2.35. The zero-order chi connectivity index (χ0) is 12.3. The molecule has 0 aliphatic carbocycles.